The number of hydrogen-bond acceptors (Lipinski definition) is 12. The highest BCUT2D eigenvalue weighted by molar-refractivity contribution is 5.95. The molecule has 7 N–H and O–H groups in total. The van der Waals surface area contributed by atoms with Gasteiger partial charge in [0.25, 0.3) is 11.5 Å². The molecule has 0 aromatic carbocycles. The number of aliphatic hydroxyl groups is 2. The molecule has 0 spiro atoms. The van der Waals surface area contributed by atoms with Gasteiger partial charge in [0.1, 0.15) is 36.6 Å². The first kappa shape index (κ1) is 36.2. The Balaban J connectivity index is 1.55. The number of primary amides is 1. The highest BCUT2D eigenvalue weighted by Crippen LogP contribution is 2.36. The third kappa shape index (κ3) is 8.85. The molecule has 1 aromatic rings. The Hall–Kier alpha value is -3.61. The minimum Gasteiger partial charge on any atom is -0.456 e. The molecule has 3 aliphatic heterocycles. The van der Waals surface area contributed by atoms with E-state index in [1.165, 1.54) is 13.3 Å². The van der Waals surface area contributed by atoms with E-state index in [0.717, 1.165) is 42.4 Å². The summed E-state index contributed by atoms with van der Waals surface area (Å²) < 4.78 is 30.4. The monoisotopic (exact) mass is 667 g/mol. The molecule has 0 unspecified atom stereocenters. The Bertz CT molecular complexity index is 1400. The van der Waals surface area contributed by atoms with Crippen LogP contribution in [0.25, 0.3) is 0 Å². The fourth-order valence-electron chi connectivity index (χ4n) is 5.83. The molecular weight excluding hydrogens is 622 g/mol. The molecule has 1 aromatic heterocycles. The zero-order valence-electron chi connectivity index (χ0n) is 26.7. The van der Waals surface area contributed by atoms with E-state index in [-0.39, 0.29) is 18.6 Å². The van der Waals surface area contributed by atoms with Crippen LogP contribution in [0.1, 0.15) is 65.0 Å². The predicted octanol–water partition coefficient (Wildman–Crippen LogP) is -1.58. The summed E-state index contributed by atoms with van der Waals surface area (Å²) >= 11 is 0. The molecule has 4 heterocycles. The number of H-pyrrole nitrogens is 1. The van der Waals surface area contributed by atoms with Crippen molar-refractivity contribution in [3.8, 4) is 0 Å². The highest BCUT2D eigenvalue weighted by atomic mass is 16.7. The van der Waals surface area contributed by atoms with E-state index >= 15 is 0 Å². The Morgan fingerprint density at radius 2 is 1.94 bits per heavy atom. The zero-order chi connectivity index (χ0) is 34.2. The molecule has 17 nitrogen and oxygen atoms in total. The normalized spacial score (nSPS) is 31.6. The zero-order valence-corrected chi connectivity index (χ0v) is 26.7. The average Bonchev–Trinajstić information content (AvgIpc) is 3.29. The third-order valence-electron chi connectivity index (χ3n) is 8.35. The maximum absolute atomic E-state index is 13.1. The van der Waals surface area contributed by atoms with E-state index in [0.29, 0.717) is 19.3 Å². The number of methoxy groups -OCH3 is 1. The molecule has 0 saturated carbocycles. The number of aliphatic hydroxyl groups excluding tert-OH is 2. The lowest BCUT2D eigenvalue weighted by atomic mass is 10.0. The first-order valence-electron chi connectivity index (χ1n) is 15.9. The Labute approximate surface area is 270 Å². The number of hydrogen-bond donors (Lipinski definition) is 6. The van der Waals surface area contributed by atoms with Crippen LogP contribution in [0.4, 0.5) is 0 Å². The smallest absolute Gasteiger partial charge is 0.330 e. The van der Waals surface area contributed by atoms with Gasteiger partial charge < -0.3 is 50.3 Å². The molecule has 3 amide bonds. The number of rotatable bonds is 14. The van der Waals surface area contributed by atoms with Crippen LogP contribution in [0.2, 0.25) is 0 Å². The topological polar surface area (TPSA) is 243 Å². The number of carbonyl (C=O) groups is 3. The molecule has 0 aliphatic carbocycles. The van der Waals surface area contributed by atoms with Gasteiger partial charge in [-0.25, -0.2) is 4.79 Å². The van der Waals surface area contributed by atoms with Crippen LogP contribution in [0, 0.1) is 0 Å². The van der Waals surface area contributed by atoms with Crippen molar-refractivity contribution in [3.63, 3.8) is 0 Å². The molecule has 262 valence electrons. The first-order valence-corrected chi connectivity index (χ1v) is 15.9. The highest BCUT2D eigenvalue weighted by Gasteiger charge is 2.53. The van der Waals surface area contributed by atoms with Crippen LogP contribution >= 0.6 is 0 Å². The van der Waals surface area contributed by atoms with Gasteiger partial charge in [-0.2, -0.15) is 0 Å². The molecule has 10 atom stereocenters. The number of unbranched alkanes of at least 4 members (excludes halogenated alkanes) is 3. The largest absolute Gasteiger partial charge is 0.456 e. The minimum absolute atomic E-state index is 0.0581. The minimum atomic E-state index is -1.80. The van der Waals surface area contributed by atoms with Crippen molar-refractivity contribution in [2.45, 2.75) is 120 Å². The average molecular weight is 668 g/mol. The second-order valence-corrected chi connectivity index (χ2v) is 11.9. The molecule has 2 saturated heterocycles. The summed E-state index contributed by atoms with van der Waals surface area (Å²) in [6.45, 7) is 4.18. The number of ether oxygens (including phenoxy) is 5. The molecule has 4 rings (SSSR count). The summed E-state index contributed by atoms with van der Waals surface area (Å²) in [5.41, 5.74) is 4.29. The second-order valence-electron chi connectivity index (χ2n) is 11.9. The van der Waals surface area contributed by atoms with Gasteiger partial charge >= 0.3 is 5.69 Å². The maximum Gasteiger partial charge on any atom is 0.330 e. The molecular formula is C30H45N5O12. The number of nitrogens with two attached hydrogens (primary N) is 1. The van der Waals surface area contributed by atoms with Gasteiger partial charge in [0.15, 0.2) is 18.1 Å². The maximum atomic E-state index is 13.1. The first-order chi connectivity index (χ1) is 22.4. The van der Waals surface area contributed by atoms with Crippen molar-refractivity contribution in [1.82, 2.24) is 20.2 Å². The predicted molar refractivity (Wildman–Crippen MR) is 162 cm³/mol. The lowest BCUT2D eigenvalue weighted by Crippen LogP contribution is -2.54. The van der Waals surface area contributed by atoms with Crippen molar-refractivity contribution >= 4 is 17.7 Å². The quantitative estimate of drug-likeness (QED) is 0.123. The lowest BCUT2D eigenvalue weighted by Gasteiger charge is -2.35. The van der Waals surface area contributed by atoms with Gasteiger partial charge in [-0.05, 0) is 38.7 Å². The number of amides is 3. The van der Waals surface area contributed by atoms with Crippen LogP contribution in [0.15, 0.2) is 33.7 Å². The second kappa shape index (κ2) is 16.5. The Morgan fingerprint density at radius 3 is 2.62 bits per heavy atom. The molecule has 3 aliphatic rings. The van der Waals surface area contributed by atoms with Crippen LogP contribution in [0.5, 0.6) is 0 Å². The van der Waals surface area contributed by atoms with Crippen LogP contribution in [0.3, 0.4) is 0 Å². The van der Waals surface area contributed by atoms with E-state index in [1.807, 2.05) is 6.92 Å². The Morgan fingerprint density at radius 1 is 1.17 bits per heavy atom. The third-order valence-corrected chi connectivity index (χ3v) is 8.35. The summed E-state index contributed by atoms with van der Waals surface area (Å²) in [6, 6.07) is 0.198. The number of carbonyl (C=O) groups excluding carboxylic acids is 3. The fraction of sp³-hybridized carbons (Fsp3) is 0.700. The Kier molecular flexibility index (Phi) is 12.7. The summed E-state index contributed by atoms with van der Waals surface area (Å²) in [5, 5.41) is 26.7. The van der Waals surface area contributed by atoms with E-state index in [4.69, 9.17) is 29.4 Å². The summed E-state index contributed by atoms with van der Waals surface area (Å²) in [5.74, 6) is -2.76. The SMILES string of the molecule is CCCCCCO[C@@H]1[C@H](OC)[C@@H]([C@@H](O[C@H]2OC(C(=O)N[C@H]3CCC[C@H](C)NC3=O)=C[C@H](O)[C@@H]2O)C(N)=O)O[C@H]1n1ccc(=O)[nH]c1=O. The van der Waals surface area contributed by atoms with Gasteiger partial charge in [0.05, 0.1) is 0 Å². The number of nitrogens with zero attached hydrogens (tertiary/aromatic N) is 1. The van der Waals surface area contributed by atoms with Crippen molar-refractivity contribution < 1.29 is 48.3 Å². The molecule has 47 heavy (non-hydrogen) atoms. The van der Waals surface area contributed by atoms with Crippen molar-refractivity contribution in [2.75, 3.05) is 13.7 Å². The van der Waals surface area contributed by atoms with Gasteiger partial charge in [0, 0.05) is 32.0 Å². The standard InChI is InChI=1S/C30H45N5O12/c1-4-5-6-7-13-44-24-21(43-3)22(46-28(24)35-12-11-19(37)34-30(35)42)23(25(31)39)47-29-20(38)17(36)14-18(45-29)27(41)33-16-10-8-9-15(2)32-26(16)40/h11-12,14-17,20-24,28-29,36,38H,4-10,13H2,1-3H3,(H2,31,39)(H,32,40)(H,33,41)(H,34,37,42)/t15-,16-,17-,20-,21+,22-,23+,24+,28+,29+/m0/s1. The van der Waals surface area contributed by atoms with E-state index in [9.17, 15) is 34.2 Å². The van der Waals surface area contributed by atoms with Crippen molar-refractivity contribution in [3.05, 3.63) is 44.9 Å². The molecule has 2 fully saturated rings. The number of nitrogens with one attached hydrogen (secondary N) is 3. The van der Waals surface area contributed by atoms with E-state index in [2.05, 4.69) is 22.5 Å². The molecule has 0 radical (unpaired) electrons. The van der Waals surface area contributed by atoms with E-state index < -0.39 is 84.0 Å². The fourth-order valence-corrected chi connectivity index (χ4v) is 5.83. The van der Waals surface area contributed by atoms with Crippen LogP contribution in [-0.4, -0.2) is 106 Å². The number of aromatic amines is 1. The summed E-state index contributed by atoms with van der Waals surface area (Å²) in [4.78, 5) is 65.1. The van der Waals surface area contributed by atoms with Gasteiger partial charge in [-0.1, -0.05) is 26.2 Å². The van der Waals surface area contributed by atoms with E-state index in [1.54, 1.807) is 0 Å². The van der Waals surface area contributed by atoms with Crippen LogP contribution < -0.4 is 27.6 Å². The van der Waals surface area contributed by atoms with Crippen LogP contribution in [-0.2, 0) is 38.1 Å². The molecule has 17 heteroatoms. The summed E-state index contributed by atoms with van der Waals surface area (Å²) in [6.07, 6.45) is -4.07. The molecule has 0 bridgehead atoms. The van der Waals surface area contributed by atoms with Gasteiger partial charge in [0.2, 0.25) is 18.1 Å². The lowest BCUT2D eigenvalue weighted by molar-refractivity contribution is -0.241. The van der Waals surface area contributed by atoms with Gasteiger partial charge in [-0.15, -0.1) is 0 Å². The number of aromatic nitrogens is 2. The van der Waals surface area contributed by atoms with Gasteiger partial charge in [-0.3, -0.25) is 28.7 Å². The van der Waals surface area contributed by atoms with Crippen molar-refractivity contribution in [1.29, 1.82) is 0 Å². The van der Waals surface area contributed by atoms with Crippen molar-refractivity contribution in [2.24, 2.45) is 5.73 Å². The summed E-state index contributed by atoms with van der Waals surface area (Å²) in [7, 11) is 1.33.